The minimum atomic E-state index is 0. The Labute approximate surface area is 69.8 Å². The van der Waals surface area contributed by atoms with Gasteiger partial charge in [-0.05, 0) is 13.3 Å². The molecule has 0 aliphatic heterocycles. The summed E-state index contributed by atoms with van der Waals surface area (Å²) in [6.45, 7) is 7.97. The van der Waals surface area contributed by atoms with Gasteiger partial charge >= 0.3 is 29.6 Å². The summed E-state index contributed by atoms with van der Waals surface area (Å²) in [4.78, 5) is 0. The molecule has 0 rings (SSSR count). The van der Waals surface area contributed by atoms with Gasteiger partial charge in [0.2, 0.25) is 0 Å². The van der Waals surface area contributed by atoms with Gasteiger partial charge < -0.3 is 1.43 Å². The van der Waals surface area contributed by atoms with Crippen molar-refractivity contribution < 1.29 is 31.0 Å². The van der Waals surface area contributed by atoms with Crippen LogP contribution in [0.25, 0.3) is 0 Å². The zero-order valence-corrected chi connectivity index (χ0v) is 7.62. The third-order valence-corrected chi connectivity index (χ3v) is 0.677. The molecule has 0 spiro atoms. The van der Waals surface area contributed by atoms with E-state index in [1.54, 1.807) is 0 Å². The average Bonchev–Trinajstić information content (AvgIpc) is 1.35. The minimum absolute atomic E-state index is 0. The fourth-order valence-electron chi connectivity index (χ4n) is 0.427. The van der Waals surface area contributed by atoms with Crippen LogP contribution in [0.1, 0.15) is 28.1 Å². The van der Waals surface area contributed by atoms with Gasteiger partial charge in [0.05, 0.1) is 0 Å². The van der Waals surface area contributed by atoms with Crippen LogP contribution in [0.4, 0.5) is 0 Å². The van der Waals surface area contributed by atoms with Crippen molar-refractivity contribution in [2.45, 2.75) is 26.7 Å². The van der Waals surface area contributed by atoms with E-state index < -0.39 is 0 Å². The van der Waals surface area contributed by atoms with Gasteiger partial charge in [0.25, 0.3) is 0 Å². The van der Waals surface area contributed by atoms with E-state index in [9.17, 15) is 0 Å². The zero-order valence-electron chi connectivity index (χ0n) is 6.62. The van der Waals surface area contributed by atoms with E-state index in [4.69, 9.17) is 0 Å². The van der Waals surface area contributed by atoms with Crippen LogP contribution in [0.3, 0.4) is 0 Å². The van der Waals surface area contributed by atoms with Crippen LogP contribution in [0.5, 0.6) is 0 Å². The molecule has 0 aromatic rings. The standard InChI is InChI=1S/C6H12.Na.H/c1-4-5-6(2)3;;/h2,4-5H2,1,3H3;;/q;+1;-1. The molecule has 0 bridgehead atoms. The summed E-state index contributed by atoms with van der Waals surface area (Å²) in [5.74, 6) is 0. The number of allylic oxidation sites excluding steroid dienone is 1. The van der Waals surface area contributed by atoms with Gasteiger partial charge in [0, 0.05) is 0 Å². The molecule has 0 aliphatic rings. The van der Waals surface area contributed by atoms with Crippen LogP contribution in [0.2, 0.25) is 0 Å². The van der Waals surface area contributed by atoms with Gasteiger partial charge in [-0.3, -0.25) is 0 Å². The van der Waals surface area contributed by atoms with Gasteiger partial charge in [-0.15, -0.1) is 6.58 Å². The van der Waals surface area contributed by atoms with Crippen molar-refractivity contribution in [3.8, 4) is 0 Å². The number of rotatable bonds is 2. The molecular formula is C6H13Na. The average molecular weight is 108 g/mol. The largest absolute Gasteiger partial charge is 1.00 e. The zero-order chi connectivity index (χ0) is 4.99. The maximum Gasteiger partial charge on any atom is 1.00 e. The molecule has 0 saturated heterocycles. The summed E-state index contributed by atoms with van der Waals surface area (Å²) in [6, 6.07) is 0. The quantitative estimate of drug-likeness (QED) is 0.330. The Balaban J connectivity index is -0.000000125. The summed E-state index contributed by atoms with van der Waals surface area (Å²) < 4.78 is 0. The first-order chi connectivity index (χ1) is 2.77. The second-order valence-corrected chi connectivity index (χ2v) is 1.71. The molecule has 0 amide bonds. The fourth-order valence-corrected chi connectivity index (χ4v) is 0.427. The monoisotopic (exact) mass is 108 g/mol. The molecule has 0 saturated carbocycles. The second-order valence-electron chi connectivity index (χ2n) is 1.71. The normalized spacial score (nSPS) is 7.14. The Hall–Kier alpha value is 0.740. The van der Waals surface area contributed by atoms with E-state index in [1.165, 1.54) is 18.4 Å². The van der Waals surface area contributed by atoms with E-state index in [-0.39, 0.29) is 31.0 Å². The first-order valence-electron chi connectivity index (χ1n) is 2.41. The molecule has 0 aromatic carbocycles. The number of hydrogen-bond donors (Lipinski definition) is 0. The Morgan fingerprint density at radius 2 is 2.14 bits per heavy atom. The summed E-state index contributed by atoms with van der Waals surface area (Å²) in [5.41, 5.74) is 1.29. The Bertz CT molecular complexity index is 52.5. The van der Waals surface area contributed by atoms with Crippen LogP contribution in [0, 0.1) is 0 Å². The van der Waals surface area contributed by atoms with Crippen LogP contribution >= 0.6 is 0 Å². The molecule has 0 atom stereocenters. The predicted octanol–water partition coefficient (Wildman–Crippen LogP) is -0.521. The third-order valence-electron chi connectivity index (χ3n) is 0.677. The Morgan fingerprint density at radius 3 is 2.14 bits per heavy atom. The minimum Gasteiger partial charge on any atom is -1.00 e. The number of hydrogen-bond acceptors (Lipinski definition) is 0. The summed E-state index contributed by atoms with van der Waals surface area (Å²) in [7, 11) is 0. The molecule has 0 nitrogen and oxygen atoms in total. The summed E-state index contributed by atoms with van der Waals surface area (Å²) in [6.07, 6.45) is 2.41. The Morgan fingerprint density at radius 1 is 1.71 bits per heavy atom. The van der Waals surface area contributed by atoms with Gasteiger partial charge in [-0.2, -0.15) is 0 Å². The SMILES string of the molecule is C=C(C)CCC.[H-].[Na+]. The molecule has 0 aromatic heterocycles. The van der Waals surface area contributed by atoms with Crippen molar-refractivity contribution >= 4 is 0 Å². The van der Waals surface area contributed by atoms with Gasteiger partial charge in [0.1, 0.15) is 0 Å². The first-order valence-corrected chi connectivity index (χ1v) is 2.41. The van der Waals surface area contributed by atoms with E-state index >= 15 is 0 Å². The molecule has 7 heavy (non-hydrogen) atoms. The van der Waals surface area contributed by atoms with Gasteiger partial charge in [-0.1, -0.05) is 18.9 Å². The van der Waals surface area contributed by atoms with Crippen LogP contribution in [-0.4, -0.2) is 0 Å². The van der Waals surface area contributed by atoms with Crippen molar-refractivity contribution in [2.75, 3.05) is 0 Å². The first kappa shape index (κ1) is 10.7. The second kappa shape index (κ2) is 6.74. The molecule has 0 unspecified atom stereocenters. The molecule has 1 heteroatoms. The van der Waals surface area contributed by atoms with Crippen molar-refractivity contribution in [2.24, 2.45) is 0 Å². The van der Waals surface area contributed by atoms with Crippen LogP contribution in [-0.2, 0) is 0 Å². The van der Waals surface area contributed by atoms with Crippen molar-refractivity contribution in [3.63, 3.8) is 0 Å². The fraction of sp³-hybridized carbons (Fsp3) is 0.667. The molecule has 0 radical (unpaired) electrons. The third kappa shape index (κ3) is 10.8. The molecule has 0 aliphatic carbocycles. The van der Waals surface area contributed by atoms with Gasteiger partial charge in [0.15, 0.2) is 0 Å². The van der Waals surface area contributed by atoms with Crippen molar-refractivity contribution in [1.29, 1.82) is 0 Å². The van der Waals surface area contributed by atoms with Gasteiger partial charge in [-0.25, -0.2) is 0 Å². The smallest absolute Gasteiger partial charge is 1.00 e. The van der Waals surface area contributed by atoms with Crippen molar-refractivity contribution in [1.82, 2.24) is 0 Å². The van der Waals surface area contributed by atoms with Crippen LogP contribution < -0.4 is 29.6 Å². The van der Waals surface area contributed by atoms with E-state index in [1.807, 2.05) is 0 Å². The van der Waals surface area contributed by atoms with Crippen LogP contribution in [0.15, 0.2) is 12.2 Å². The van der Waals surface area contributed by atoms with E-state index in [0.717, 1.165) is 0 Å². The molecule has 0 fully saturated rings. The predicted molar refractivity (Wildman–Crippen MR) is 30.8 cm³/mol. The molecule has 0 heterocycles. The van der Waals surface area contributed by atoms with E-state index in [0.29, 0.717) is 0 Å². The molecule has 0 N–H and O–H groups in total. The van der Waals surface area contributed by atoms with Crippen molar-refractivity contribution in [3.05, 3.63) is 12.2 Å². The topological polar surface area (TPSA) is 0 Å². The van der Waals surface area contributed by atoms with E-state index in [2.05, 4.69) is 20.4 Å². The molecular weight excluding hydrogens is 95.1 g/mol. The Kier molecular flexibility index (Phi) is 10.3. The maximum atomic E-state index is 3.74. The maximum absolute atomic E-state index is 3.74. The molecule has 38 valence electrons. The summed E-state index contributed by atoms with van der Waals surface area (Å²) in [5, 5.41) is 0. The summed E-state index contributed by atoms with van der Waals surface area (Å²) >= 11 is 0.